The zero-order chi connectivity index (χ0) is 14.5. The number of aromatic nitrogens is 2. The van der Waals surface area contributed by atoms with E-state index in [0.717, 1.165) is 12.1 Å². The number of hydrogen-bond acceptors (Lipinski definition) is 3. The van der Waals surface area contributed by atoms with E-state index in [1.165, 1.54) is 6.07 Å². The van der Waals surface area contributed by atoms with Crippen LogP contribution in [0, 0.1) is 17.6 Å². The predicted octanol–water partition coefficient (Wildman–Crippen LogP) is 2.72. The Morgan fingerprint density at radius 2 is 2.20 bits per heavy atom. The van der Waals surface area contributed by atoms with Crippen molar-refractivity contribution in [2.24, 2.45) is 5.92 Å². The van der Waals surface area contributed by atoms with Crippen LogP contribution in [-0.4, -0.2) is 22.4 Å². The number of carbonyl (C=O) groups is 1. The molecule has 2 aromatic rings. The average molecular weight is 280 g/mol. The van der Waals surface area contributed by atoms with E-state index in [2.05, 4.69) is 9.97 Å². The van der Waals surface area contributed by atoms with Crippen molar-refractivity contribution in [3.63, 3.8) is 0 Å². The molecule has 0 bridgehead atoms. The summed E-state index contributed by atoms with van der Waals surface area (Å²) in [6.07, 6.45) is 3.28. The molecule has 0 amide bonds. The van der Waals surface area contributed by atoms with E-state index in [-0.39, 0.29) is 24.6 Å². The van der Waals surface area contributed by atoms with Gasteiger partial charge in [-0.3, -0.25) is 4.79 Å². The first-order chi connectivity index (χ1) is 9.58. The van der Waals surface area contributed by atoms with Crippen molar-refractivity contribution >= 4 is 5.78 Å². The lowest BCUT2D eigenvalue weighted by molar-refractivity contribution is 0.0670. The summed E-state index contributed by atoms with van der Waals surface area (Å²) in [5.41, 5.74) is 0.137. The molecule has 0 spiro atoms. The molecule has 1 unspecified atom stereocenters. The van der Waals surface area contributed by atoms with Crippen LogP contribution >= 0.6 is 0 Å². The minimum absolute atomic E-state index is 0.137. The molecule has 1 aromatic heterocycles. The summed E-state index contributed by atoms with van der Waals surface area (Å²) in [5, 5.41) is 0. The minimum atomic E-state index is -1.03. The van der Waals surface area contributed by atoms with Crippen LogP contribution in [0.15, 0.2) is 30.6 Å². The first-order valence-corrected chi connectivity index (χ1v) is 6.13. The van der Waals surface area contributed by atoms with Crippen molar-refractivity contribution in [1.29, 1.82) is 0 Å². The maximum Gasteiger partial charge on any atom is 0.168 e. The molecular weight excluding hydrogens is 266 g/mol. The van der Waals surface area contributed by atoms with Crippen molar-refractivity contribution in [3.05, 3.63) is 53.6 Å². The zero-order valence-corrected chi connectivity index (χ0v) is 10.9. The van der Waals surface area contributed by atoms with E-state index in [0.29, 0.717) is 5.82 Å². The second kappa shape index (κ2) is 6.38. The van der Waals surface area contributed by atoms with E-state index < -0.39 is 17.6 Å². The highest BCUT2D eigenvalue weighted by atomic mass is 19.2. The number of hydrogen-bond donors (Lipinski definition) is 1. The molecule has 0 radical (unpaired) electrons. The van der Waals surface area contributed by atoms with Crippen molar-refractivity contribution in [2.45, 2.75) is 13.5 Å². The number of benzene rings is 1. The first-order valence-electron chi connectivity index (χ1n) is 6.13. The average Bonchev–Trinajstić information content (AvgIpc) is 2.94. The molecule has 0 saturated heterocycles. The lowest BCUT2D eigenvalue weighted by Crippen LogP contribution is -2.17. The minimum Gasteiger partial charge on any atom is -0.373 e. The van der Waals surface area contributed by atoms with Gasteiger partial charge in [-0.05, 0) is 18.2 Å². The number of H-pyrrole nitrogens is 1. The smallest absolute Gasteiger partial charge is 0.168 e. The molecule has 0 aliphatic rings. The number of aromatic amines is 1. The molecule has 106 valence electrons. The van der Waals surface area contributed by atoms with Gasteiger partial charge >= 0.3 is 0 Å². The highest BCUT2D eigenvalue weighted by Crippen LogP contribution is 2.13. The second-order valence-electron chi connectivity index (χ2n) is 4.45. The van der Waals surface area contributed by atoms with Gasteiger partial charge in [0, 0.05) is 23.9 Å². The van der Waals surface area contributed by atoms with Gasteiger partial charge < -0.3 is 9.72 Å². The third-order valence-electron chi connectivity index (χ3n) is 2.81. The molecule has 2 rings (SSSR count). The molecule has 1 N–H and O–H groups in total. The molecule has 1 heterocycles. The molecule has 0 aliphatic heterocycles. The van der Waals surface area contributed by atoms with Gasteiger partial charge in [-0.25, -0.2) is 13.8 Å². The van der Waals surface area contributed by atoms with Crippen molar-refractivity contribution in [3.8, 4) is 0 Å². The predicted molar refractivity (Wildman–Crippen MR) is 68.1 cm³/mol. The Bertz CT molecular complexity index is 585. The molecular formula is C14H14F2N2O2. The molecule has 1 aromatic carbocycles. The standard InChI is InChI=1S/C14H14F2N2O2/c1-9(7-20-8-13-17-4-5-18-13)14(19)10-2-3-11(15)12(16)6-10/h2-6,9H,7-8H2,1H3,(H,17,18). The Hall–Kier alpha value is -2.08. The molecule has 4 nitrogen and oxygen atoms in total. The fourth-order valence-electron chi connectivity index (χ4n) is 1.72. The summed E-state index contributed by atoms with van der Waals surface area (Å²) >= 11 is 0. The lowest BCUT2D eigenvalue weighted by Gasteiger charge is -2.10. The van der Waals surface area contributed by atoms with Crippen LogP contribution in [0.3, 0.4) is 0 Å². The number of nitrogens with one attached hydrogen (secondary N) is 1. The quantitative estimate of drug-likeness (QED) is 0.828. The largest absolute Gasteiger partial charge is 0.373 e. The van der Waals surface area contributed by atoms with Crippen LogP contribution in [0.4, 0.5) is 8.78 Å². The van der Waals surface area contributed by atoms with Crippen LogP contribution < -0.4 is 0 Å². The van der Waals surface area contributed by atoms with Gasteiger partial charge in [-0.1, -0.05) is 6.92 Å². The van der Waals surface area contributed by atoms with Gasteiger partial charge in [0.15, 0.2) is 17.4 Å². The fraction of sp³-hybridized carbons (Fsp3) is 0.286. The van der Waals surface area contributed by atoms with Gasteiger partial charge in [0.25, 0.3) is 0 Å². The number of carbonyl (C=O) groups excluding carboxylic acids is 1. The van der Waals surface area contributed by atoms with Crippen LogP contribution in [-0.2, 0) is 11.3 Å². The van der Waals surface area contributed by atoms with Crippen molar-refractivity contribution in [1.82, 2.24) is 9.97 Å². The van der Waals surface area contributed by atoms with Crippen LogP contribution in [0.1, 0.15) is 23.1 Å². The van der Waals surface area contributed by atoms with Crippen molar-refractivity contribution in [2.75, 3.05) is 6.61 Å². The number of nitrogens with zero attached hydrogens (tertiary/aromatic N) is 1. The maximum absolute atomic E-state index is 13.1. The highest BCUT2D eigenvalue weighted by molar-refractivity contribution is 5.97. The summed E-state index contributed by atoms with van der Waals surface area (Å²) < 4.78 is 31.2. The second-order valence-corrected chi connectivity index (χ2v) is 4.45. The third kappa shape index (κ3) is 3.48. The summed E-state index contributed by atoms with van der Waals surface area (Å²) in [6.45, 7) is 2.12. The fourth-order valence-corrected chi connectivity index (χ4v) is 1.72. The maximum atomic E-state index is 13.1. The Labute approximate surface area is 114 Å². The van der Waals surface area contributed by atoms with Crippen LogP contribution in [0.2, 0.25) is 0 Å². The van der Waals surface area contributed by atoms with E-state index in [4.69, 9.17) is 4.74 Å². The van der Waals surface area contributed by atoms with Gasteiger partial charge in [-0.15, -0.1) is 0 Å². The lowest BCUT2D eigenvalue weighted by atomic mass is 10.00. The number of ketones is 1. The Balaban J connectivity index is 1.89. The molecule has 0 saturated carbocycles. The monoisotopic (exact) mass is 280 g/mol. The molecule has 20 heavy (non-hydrogen) atoms. The molecule has 6 heteroatoms. The summed E-state index contributed by atoms with van der Waals surface area (Å²) in [5.74, 6) is -2.07. The van der Waals surface area contributed by atoms with Crippen molar-refractivity contribution < 1.29 is 18.3 Å². The van der Waals surface area contributed by atoms with E-state index >= 15 is 0 Å². The Kier molecular flexibility index (Phi) is 4.57. The summed E-state index contributed by atoms with van der Waals surface area (Å²) in [4.78, 5) is 18.9. The van der Waals surface area contributed by atoms with E-state index in [1.807, 2.05) is 0 Å². The first kappa shape index (κ1) is 14.3. The van der Waals surface area contributed by atoms with Crippen LogP contribution in [0.25, 0.3) is 0 Å². The summed E-state index contributed by atoms with van der Waals surface area (Å²) in [6, 6.07) is 3.11. The number of rotatable bonds is 6. The molecule has 0 fully saturated rings. The van der Waals surface area contributed by atoms with Gasteiger partial charge in [-0.2, -0.15) is 0 Å². The summed E-state index contributed by atoms with van der Waals surface area (Å²) in [7, 11) is 0. The topological polar surface area (TPSA) is 55.0 Å². The Morgan fingerprint density at radius 3 is 2.85 bits per heavy atom. The number of halogens is 2. The third-order valence-corrected chi connectivity index (χ3v) is 2.81. The highest BCUT2D eigenvalue weighted by Gasteiger charge is 2.17. The van der Waals surface area contributed by atoms with Gasteiger partial charge in [0.2, 0.25) is 0 Å². The SMILES string of the molecule is CC(COCc1ncc[nH]1)C(=O)c1ccc(F)c(F)c1. The number of Topliss-reactive ketones (excluding diaryl/α,β-unsaturated/α-hetero) is 1. The van der Waals surface area contributed by atoms with Gasteiger partial charge in [0.05, 0.1) is 6.61 Å². The van der Waals surface area contributed by atoms with E-state index in [9.17, 15) is 13.6 Å². The number of ether oxygens (including phenoxy) is 1. The zero-order valence-electron chi connectivity index (χ0n) is 10.9. The normalized spacial score (nSPS) is 12.3. The molecule has 1 atom stereocenters. The Morgan fingerprint density at radius 1 is 1.40 bits per heavy atom. The van der Waals surface area contributed by atoms with Crippen LogP contribution in [0.5, 0.6) is 0 Å². The van der Waals surface area contributed by atoms with E-state index in [1.54, 1.807) is 19.3 Å². The van der Waals surface area contributed by atoms with Gasteiger partial charge in [0.1, 0.15) is 12.4 Å². The molecule has 0 aliphatic carbocycles. The number of imidazole rings is 1.